The van der Waals surface area contributed by atoms with Crippen molar-refractivity contribution in [2.75, 3.05) is 6.61 Å². The van der Waals surface area contributed by atoms with Crippen LogP contribution >= 0.6 is 0 Å². The quantitative estimate of drug-likeness (QED) is 0.566. The van der Waals surface area contributed by atoms with E-state index in [0.29, 0.717) is 13.2 Å². The molecule has 0 bridgehead atoms. The molecule has 1 N–H and O–H groups in total. The Bertz CT molecular complexity index is 363. The molecule has 16 heavy (non-hydrogen) atoms. The molecule has 0 atom stereocenters. The van der Waals surface area contributed by atoms with Gasteiger partial charge in [0.25, 0.3) is 0 Å². The van der Waals surface area contributed by atoms with Gasteiger partial charge in [-0.05, 0) is 30.5 Å². The molecule has 0 aliphatic rings. The summed E-state index contributed by atoms with van der Waals surface area (Å²) in [5, 5.41) is 8.74. The number of carbonyl (C=O) groups is 1. The lowest BCUT2D eigenvalue weighted by atomic mass is 10.2. The Hall–Kier alpha value is -1.68. The molecule has 1 heterocycles. The predicted octanol–water partition coefficient (Wildman–Crippen LogP) is 2.26. The van der Waals surface area contributed by atoms with Crippen LogP contribution in [-0.2, 0) is 11.3 Å². The second-order valence-electron chi connectivity index (χ2n) is 3.34. The summed E-state index contributed by atoms with van der Waals surface area (Å²) in [6, 6.07) is 3.27. The van der Waals surface area contributed by atoms with Crippen molar-refractivity contribution in [1.29, 1.82) is 0 Å². The SMILES string of the molecule is C=CCCCOCc1ccnc(C(=O)O)c1. The van der Waals surface area contributed by atoms with Crippen LogP contribution in [0.2, 0.25) is 0 Å². The highest BCUT2D eigenvalue weighted by Gasteiger charge is 2.04. The lowest BCUT2D eigenvalue weighted by Gasteiger charge is -2.03. The van der Waals surface area contributed by atoms with E-state index in [2.05, 4.69) is 11.6 Å². The maximum Gasteiger partial charge on any atom is 0.354 e. The number of ether oxygens (including phenoxy) is 1. The van der Waals surface area contributed by atoms with Gasteiger partial charge < -0.3 is 9.84 Å². The van der Waals surface area contributed by atoms with Crippen molar-refractivity contribution < 1.29 is 14.6 Å². The molecule has 0 spiro atoms. The fourth-order valence-corrected chi connectivity index (χ4v) is 1.20. The number of allylic oxidation sites excluding steroid dienone is 1. The highest BCUT2D eigenvalue weighted by molar-refractivity contribution is 5.85. The summed E-state index contributed by atoms with van der Waals surface area (Å²) in [7, 11) is 0. The fourth-order valence-electron chi connectivity index (χ4n) is 1.20. The molecule has 0 aliphatic carbocycles. The number of hydrogen-bond donors (Lipinski definition) is 1. The average Bonchev–Trinajstić information content (AvgIpc) is 2.29. The lowest BCUT2D eigenvalue weighted by molar-refractivity contribution is 0.0690. The number of unbranched alkanes of at least 4 members (excludes halogenated alkanes) is 1. The van der Waals surface area contributed by atoms with Crippen LogP contribution < -0.4 is 0 Å². The zero-order valence-corrected chi connectivity index (χ0v) is 9.06. The van der Waals surface area contributed by atoms with E-state index in [1.165, 1.54) is 12.3 Å². The van der Waals surface area contributed by atoms with Gasteiger partial charge in [0, 0.05) is 12.8 Å². The van der Waals surface area contributed by atoms with E-state index >= 15 is 0 Å². The highest BCUT2D eigenvalue weighted by atomic mass is 16.5. The Labute approximate surface area is 94.6 Å². The van der Waals surface area contributed by atoms with Crippen LogP contribution in [0.25, 0.3) is 0 Å². The van der Waals surface area contributed by atoms with Crippen LogP contribution in [0.5, 0.6) is 0 Å². The maximum absolute atomic E-state index is 10.7. The summed E-state index contributed by atoms with van der Waals surface area (Å²) in [4.78, 5) is 14.4. The van der Waals surface area contributed by atoms with Crippen molar-refractivity contribution >= 4 is 5.97 Å². The Kier molecular flexibility index (Phi) is 5.22. The Morgan fingerprint density at radius 3 is 3.12 bits per heavy atom. The van der Waals surface area contributed by atoms with Crippen molar-refractivity contribution in [2.45, 2.75) is 19.4 Å². The van der Waals surface area contributed by atoms with Gasteiger partial charge in [0.2, 0.25) is 0 Å². The van der Waals surface area contributed by atoms with Crippen molar-refractivity contribution in [1.82, 2.24) is 4.98 Å². The lowest BCUT2D eigenvalue weighted by Crippen LogP contribution is -2.02. The molecule has 0 aliphatic heterocycles. The summed E-state index contributed by atoms with van der Waals surface area (Å²) in [6.07, 6.45) is 5.18. The number of aromatic carboxylic acids is 1. The average molecular weight is 221 g/mol. The molecule has 0 unspecified atom stereocenters. The fraction of sp³-hybridized carbons (Fsp3) is 0.333. The molecule has 0 saturated heterocycles. The monoisotopic (exact) mass is 221 g/mol. The van der Waals surface area contributed by atoms with Crippen LogP contribution in [0.1, 0.15) is 28.9 Å². The minimum Gasteiger partial charge on any atom is -0.477 e. The summed E-state index contributed by atoms with van der Waals surface area (Å²) in [5.74, 6) is -1.02. The summed E-state index contributed by atoms with van der Waals surface area (Å²) < 4.78 is 5.39. The third-order valence-corrected chi connectivity index (χ3v) is 2.01. The Morgan fingerprint density at radius 1 is 1.62 bits per heavy atom. The predicted molar refractivity (Wildman–Crippen MR) is 60.3 cm³/mol. The largest absolute Gasteiger partial charge is 0.477 e. The molecule has 1 aromatic heterocycles. The van der Waals surface area contributed by atoms with E-state index in [4.69, 9.17) is 9.84 Å². The number of pyridine rings is 1. The number of rotatable bonds is 7. The van der Waals surface area contributed by atoms with Crippen LogP contribution in [0.4, 0.5) is 0 Å². The molecular formula is C12H15NO3. The normalized spacial score (nSPS) is 10.0. The molecule has 4 heteroatoms. The van der Waals surface area contributed by atoms with E-state index in [9.17, 15) is 4.79 Å². The smallest absolute Gasteiger partial charge is 0.354 e. The van der Waals surface area contributed by atoms with E-state index in [0.717, 1.165) is 18.4 Å². The van der Waals surface area contributed by atoms with Crippen molar-refractivity contribution in [3.63, 3.8) is 0 Å². The second-order valence-corrected chi connectivity index (χ2v) is 3.34. The van der Waals surface area contributed by atoms with Gasteiger partial charge in [-0.25, -0.2) is 9.78 Å². The van der Waals surface area contributed by atoms with Gasteiger partial charge in [0.15, 0.2) is 0 Å². The summed E-state index contributed by atoms with van der Waals surface area (Å²) in [5.41, 5.74) is 0.873. The minimum atomic E-state index is -1.02. The first-order chi connectivity index (χ1) is 7.74. The number of nitrogens with zero attached hydrogens (tertiary/aromatic N) is 1. The van der Waals surface area contributed by atoms with Gasteiger partial charge in [-0.15, -0.1) is 6.58 Å². The van der Waals surface area contributed by atoms with Gasteiger partial charge in [-0.2, -0.15) is 0 Å². The Balaban J connectivity index is 2.39. The van der Waals surface area contributed by atoms with Gasteiger partial charge in [0.1, 0.15) is 5.69 Å². The maximum atomic E-state index is 10.7. The van der Waals surface area contributed by atoms with Crippen LogP contribution in [0, 0.1) is 0 Å². The van der Waals surface area contributed by atoms with Crippen LogP contribution in [0.3, 0.4) is 0 Å². The molecule has 1 aromatic rings. The molecule has 0 aromatic carbocycles. The molecule has 0 saturated carbocycles. The molecule has 4 nitrogen and oxygen atoms in total. The number of aromatic nitrogens is 1. The van der Waals surface area contributed by atoms with Crippen molar-refractivity contribution in [3.05, 3.63) is 42.2 Å². The third kappa shape index (κ3) is 4.23. The Morgan fingerprint density at radius 2 is 2.44 bits per heavy atom. The minimum absolute atomic E-state index is 0.0483. The molecule has 0 amide bonds. The van der Waals surface area contributed by atoms with Crippen LogP contribution in [0.15, 0.2) is 31.0 Å². The second kappa shape index (κ2) is 6.74. The van der Waals surface area contributed by atoms with Crippen molar-refractivity contribution in [2.24, 2.45) is 0 Å². The molecule has 1 rings (SSSR count). The highest BCUT2D eigenvalue weighted by Crippen LogP contribution is 2.04. The van der Waals surface area contributed by atoms with Crippen LogP contribution in [-0.4, -0.2) is 22.7 Å². The number of carboxylic acids is 1. The van der Waals surface area contributed by atoms with E-state index in [1.807, 2.05) is 6.08 Å². The first-order valence-corrected chi connectivity index (χ1v) is 5.11. The topological polar surface area (TPSA) is 59.4 Å². The summed E-state index contributed by atoms with van der Waals surface area (Å²) in [6.45, 7) is 4.68. The first-order valence-electron chi connectivity index (χ1n) is 5.11. The van der Waals surface area contributed by atoms with E-state index in [-0.39, 0.29) is 5.69 Å². The zero-order valence-electron chi connectivity index (χ0n) is 9.06. The molecular weight excluding hydrogens is 206 g/mol. The van der Waals surface area contributed by atoms with Gasteiger partial charge in [-0.1, -0.05) is 6.08 Å². The number of hydrogen-bond acceptors (Lipinski definition) is 3. The van der Waals surface area contributed by atoms with Gasteiger partial charge in [0.05, 0.1) is 6.61 Å². The number of carboxylic acid groups (broad SMARTS) is 1. The summed E-state index contributed by atoms with van der Waals surface area (Å²) >= 11 is 0. The van der Waals surface area contributed by atoms with Crippen molar-refractivity contribution in [3.8, 4) is 0 Å². The molecule has 0 fully saturated rings. The molecule has 86 valence electrons. The zero-order chi connectivity index (χ0) is 11.8. The third-order valence-electron chi connectivity index (χ3n) is 2.01. The van der Waals surface area contributed by atoms with Gasteiger partial charge >= 0.3 is 5.97 Å². The van der Waals surface area contributed by atoms with Gasteiger partial charge in [-0.3, -0.25) is 0 Å². The van der Waals surface area contributed by atoms with E-state index < -0.39 is 5.97 Å². The standard InChI is InChI=1S/C12H15NO3/c1-2-3-4-7-16-9-10-5-6-13-11(8-10)12(14)15/h2,5-6,8H,1,3-4,7,9H2,(H,14,15). The molecule has 0 radical (unpaired) electrons. The van der Waals surface area contributed by atoms with E-state index in [1.54, 1.807) is 6.07 Å². The first kappa shape index (κ1) is 12.4.